The Kier molecular flexibility index (Phi) is 8.09. The summed E-state index contributed by atoms with van der Waals surface area (Å²) in [6.07, 6.45) is 2.36. The van der Waals surface area contributed by atoms with E-state index in [0.717, 1.165) is 12.8 Å². The molecule has 0 aliphatic carbocycles. The van der Waals surface area contributed by atoms with E-state index >= 15 is 0 Å². The zero-order chi connectivity index (χ0) is 12.1. The molecule has 98 valence electrons. The fourth-order valence-corrected chi connectivity index (χ4v) is 1.99. The maximum absolute atomic E-state index is 13.5. The highest BCUT2D eigenvalue weighted by atomic mass is 35.5. The molecular formula is C11H16Cl3FN2. The largest absolute Gasteiger partial charge is 0.330 e. The van der Waals surface area contributed by atoms with Crippen molar-refractivity contribution in [1.29, 1.82) is 0 Å². The Morgan fingerprint density at radius 1 is 1.24 bits per heavy atom. The van der Waals surface area contributed by atoms with Crippen LogP contribution in [0.25, 0.3) is 0 Å². The Morgan fingerprint density at radius 3 is 2.47 bits per heavy atom. The second-order valence-electron chi connectivity index (χ2n) is 3.65. The summed E-state index contributed by atoms with van der Waals surface area (Å²) in [5.74, 6) is -0.408. The van der Waals surface area contributed by atoms with Gasteiger partial charge in [-0.25, -0.2) is 4.39 Å². The third-order valence-electron chi connectivity index (χ3n) is 2.42. The van der Waals surface area contributed by atoms with Gasteiger partial charge in [0.15, 0.2) is 0 Å². The molecule has 2 nitrogen and oxygen atoms in total. The van der Waals surface area contributed by atoms with Gasteiger partial charge in [0.25, 0.3) is 0 Å². The molecular weight excluding hydrogens is 285 g/mol. The molecule has 1 aromatic rings. The molecule has 0 amide bonds. The van der Waals surface area contributed by atoms with Crippen LogP contribution in [0.2, 0.25) is 10.0 Å². The van der Waals surface area contributed by atoms with Crippen LogP contribution in [0.3, 0.4) is 0 Å². The molecule has 0 bridgehead atoms. The molecule has 6 heteroatoms. The maximum Gasteiger partial charge on any atom is 0.129 e. The van der Waals surface area contributed by atoms with Crippen molar-refractivity contribution in [1.82, 2.24) is 0 Å². The predicted octanol–water partition coefficient (Wildman–Crippen LogP) is 3.68. The first kappa shape index (κ1) is 16.9. The van der Waals surface area contributed by atoms with Crippen molar-refractivity contribution in [2.24, 2.45) is 11.5 Å². The Hall–Kier alpha value is -0.0600. The molecule has 0 heterocycles. The van der Waals surface area contributed by atoms with Crippen LogP contribution in [0.4, 0.5) is 4.39 Å². The van der Waals surface area contributed by atoms with Gasteiger partial charge < -0.3 is 11.5 Å². The fraction of sp³-hybridized carbons (Fsp3) is 0.455. The molecule has 0 aromatic heterocycles. The van der Waals surface area contributed by atoms with Crippen LogP contribution in [0.1, 0.15) is 30.9 Å². The monoisotopic (exact) mass is 300 g/mol. The first-order valence-electron chi connectivity index (χ1n) is 5.17. The molecule has 0 saturated carbocycles. The van der Waals surface area contributed by atoms with Crippen LogP contribution in [0.15, 0.2) is 12.1 Å². The summed E-state index contributed by atoms with van der Waals surface area (Å²) >= 11 is 11.7. The molecule has 0 fully saturated rings. The summed E-state index contributed by atoms with van der Waals surface area (Å²) in [6.45, 7) is 0.610. The quantitative estimate of drug-likeness (QED) is 0.644. The normalized spacial score (nSPS) is 12.1. The van der Waals surface area contributed by atoms with Gasteiger partial charge in [0, 0.05) is 11.6 Å². The van der Waals surface area contributed by atoms with Crippen LogP contribution in [0, 0.1) is 5.82 Å². The van der Waals surface area contributed by atoms with Gasteiger partial charge in [-0.1, -0.05) is 29.6 Å². The highest BCUT2D eigenvalue weighted by molar-refractivity contribution is 6.42. The van der Waals surface area contributed by atoms with Gasteiger partial charge in [0.1, 0.15) is 5.82 Å². The van der Waals surface area contributed by atoms with E-state index in [4.69, 9.17) is 34.7 Å². The van der Waals surface area contributed by atoms with E-state index in [1.165, 1.54) is 12.1 Å². The lowest BCUT2D eigenvalue weighted by Gasteiger charge is -2.15. The Morgan fingerprint density at radius 2 is 1.88 bits per heavy atom. The molecule has 0 unspecified atom stereocenters. The van der Waals surface area contributed by atoms with E-state index in [0.29, 0.717) is 23.6 Å². The van der Waals surface area contributed by atoms with E-state index < -0.39 is 11.9 Å². The highest BCUT2D eigenvalue weighted by Gasteiger charge is 2.17. The van der Waals surface area contributed by atoms with Crippen LogP contribution >= 0.6 is 35.6 Å². The van der Waals surface area contributed by atoms with E-state index in [9.17, 15) is 4.39 Å². The van der Waals surface area contributed by atoms with Gasteiger partial charge >= 0.3 is 0 Å². The maximum atomic E-state index is 13.5. The van der Waals surface area contributed by atoms with Gasteiger partial charge in [0.05, 0.1) is 10.0 Å². The average molecular weight is 302 g/mol. The molecule has 0 saturated heterocycles. The standard InChI is InChI=1S/C11H15Cl2FN2.ClH/c12-7-4-5-8(14)10(11(7)13)9(16)3-1-2-6-15;/h4-5,9H,1-3,6,15-16H2;1H/t9-;/m1./s1. The van der Waals surface area contributed by atoms with Crippen molar-refractivity contribution >= 4 is 35.6 Å². The molecule has 1 aromatic carbocycles. The minimum atomic E-state index is -0.433. The smallest absolute Gasteiger partial charge is 0.129 e. The first-order valence-corrected chi connectivity index (χ1v) is 5.92. The molecule has 0 spiro atoms. The number of hydrogen-bond donors (Lipinski definition) is 2. The number of unbranched alkanes of at least 4 members (excludes halogenated alkanes) is 1. The number of nitrogens with two attached hydrogens (primary N) is 2. The summed E-state index contributed by atoms with van der Waals surface area (Å²) in [4.78, 5) is 0. The molecule has 4 N–H and O–H groups in total. The van der Waals surface area contributed by atoms with Crippen molar-refractivity contribution in [3.05, 3.63) is 33.6 Å². The first-order chi connectivity index (χ1) is 7.57. The van der Waals surface area contributed by atoms with Gasteiger partial charge in [0.2, 0.25) is 0 Å². The van der Waals surface area contributed by atoms with Crippen LogP contribution in [0.5, 0.6) is 0 Å². The molecule has 0 aliphatic rings. The number of benzene rings is 1. The number of rotatable bonds is 5. The lowest BCUT2D eigenvalue weighted by Crippen LogP contribution is -2.13. The number of halogens is 4. The van der Waals surface area contributed by atoms with Crippen molar-refractivity contribution in [2.45, 2.75) is 25.3 Å². The van der Waals surface area contributed by atoms with Crippen molar-refractivity contribution < 1.29 is 4.39 Å². The van der Waals surface area contributed by atoms with Crippen LogP contribution in [-0.4, -0.2) is 6.54 Å². The fourth-order valence-electron chi connectivity index (χ4n) is 1.54. The Balaban J connectivity index is 0.00000256. The van der Waals surface area contributed by atoms with E-state index in [-0.39, 0.29) is 17.4 Å². The van der Waals surface area contributed by atoms with Crippen molar-refractivity contribution in [3.8, 4) is 0 Å². The SMILES string of the molecule is Cl.NCCCC[C@@H](N)c1c(F)ccc(Cl)c1Cl. The van der Waals surface area contributed by atoms with Crippen molar-refractivity contribution in [3.63, 3.8) is 0 Å². The number of hydrogen-bond acceptors (Lipinski definition) is 2. The van der Waals surface area contributed by atoms with E-state index in [1.54, 1.807) is 0 Å². The lowest BCUT2D eigenvalue weighted by atomic mass is 10.0. The van der Waals surface area contributed by atoms with E-state index in [2.05, 4.69) is 0 Å². The topological polar surface area (TPSA) is 52.0 Å². The van der Waals surface area contributed by atoms with Gasteiger partial charge in [-0.15, -0.1) is 12.4 Å². The summed E-state index contributed by atoms with van der Waals surface area (Å²) in [6, 6.07) is 2.28. The zero-order valence-electron chi connectivity index (χ0n) is 9.26. The van der Waals surface area contributed by atoms with Crippen molar-refractivity contribution in [2.75, 3.05) is 6.54 Å². The third-order valence-corrected chi connectivity index (χ3v) is 3.24. The average Bonchev–Trinajstić information content (AvgIpc) is 2.24. The van der Waals surface area contributed by atoms with Crippen LogP contribution < -0.4 is 11.5 Å². The van der Waals surface area contributed by atoms with Gasteiger partial charge in [-0.2, -0.15) is 0 Å². The molecule has 1 rings (SSSR count). The summed E-state index contributed by atoms with van der Waals surface area (Å²) in [7, 11) is 0. The molecule has 0 radical (unpaired) electrons. The lowest BCUT2D eigenvalue weighted by molar-refractivity contribution is 0.543. The molecule has 0 aliphatic heterocycles. The summed E-state index contributed by atoms with van der Waals surface area (Å²) in [5.41, 5.74) is 11.6. The van der Waals surface area contributed by atoms with E-state index in [1.807, 2.05) is 0 Å². The minimum Gasteiger partial charge on any atom is -0.330 e. The summed E-state index contributed by atoms with van der Waals surface area (Å²) < 4.78 is 13.5. The summed E-state index contributed by atoms with van der Waals surface area (Å²) in [5, 5.41) is 0.536. The third kappa shape index (κ3) is 4.60. The molecule has 1 atom stereocenters. The zero-order valence-corrected chi connectivity index (χ0v) is 11.6. The highest BCUT2D eigenvalue weighted by Crippen LogP contribution is 2.33. The van der Waals surface area contributed by atoms with Crippen LogP contribution in [-0.2, 0) is 0 Å². The predicted molar refractivity (Wildman–Crippen MR) is 73.5 cm³/mol. The minimum absolute atomic E-state index is 0. The Bertz CT molecular complexity index is 361. The Labute approximate surface area is 117 Å². The van der Waals surface area contributed by atoms with Gasteiger partial charge in [-0.3, -0.25) is 0 Å². The molecule has 17 heavy (non-hydrogen) atoms. The second-order valence-corrected chi connectivity index (χ2v) is 4.43. The second kappa shape index (κ2) is 8.11. The van der Waals surface area contributed by atoms with Gasteiger partial charge in [-0.05, 0) is 31.5 Å².